The number of hydrogen-bond acceptors (Lipinski definition) is 6. The molecule has 9 nitrogen and oxygen atoms in total. The normalized spacial score (nSPS) is 17.5. The summed E-state index contributed by atoms with van der Waals surface area (Å²) in [5.74, 6) is -3.75. The van der Waals surface area contributed by atoms with E-state index < -0.39 is 60.4 Å². The number of aromatic amines is 1. The molecule has 0 bridgehead atoms. The first-order valence-corrected chi connectivity index (χ1v) is 14.0. The number of carbonyl (C=O) groups is 2. The summed E-state index contributed by atoms with van der Waals surface area (Å²) in [5, 5.41) is 7.72. The van der Waals surface area contributed by atoms with Crippen LogP contribution in [0.2, 0.25) is 0 Å². The lowest BCUT2D eigenvalue weighted by molar-refractivity contribution is -0.182. The summed E-state index contributed by atoms with van der Waals surface area (Å²) in [4.78, 5) is 35.8. The van der Waals surface area contributed by atoms with E-state index in [1.807, 2.05) is 0 Å². The van der Waals surface area contributed by atoms with Gasteiger partial charge < -0.3 is 25.7 Å². The van der Waals surface area contributed by atoms with Gasteiger partial charge >= 0.3 is 12.4 Å². The van der Waals surface area contributed by atoms with Crippen LogP contribution < -0.4 is 20.7 Å². The highest BCUT2D eigenvalue weighted by Crippen LogP contribution is 2.38. The molecule has 0 radical (unpaired) electrons. The standard InChI is InChI=1S/C28H30F8N6O3/c1-13(2)23(43)37-11-14-3-8-18(28(34,35)36)19(9-14)39-26-40-20-10-17(25(41-22(20)42-26)45-12-21(29)30)24(44)38-16-6-4-15(5-7-16)27(31,32)33/h3,8-10,13,15-16,21H,4-7,11-12H2,1-2H3,(H,37,43)(H,38,44)(H2,39,40,41,42)/t15-,16-. The molecule has 17 heteroatoms. The Kier molecular flexibility index (Phi) is 10.1. The monoisotopic (exact) mass is 650 g/mol. The Balaban J connectivity index is 1.60. The second-order valence-corrected chi connectivity index (χ2v) is 10.9. The third kappa shape index (κ3) is 8.72. The van der Waals surface area contributed by atoms with E-state index in [2.05, 4.69) is 30.9 Å². The summed E-state index contributed by atoms with van der Waals surface area (Å²) in [6, 6.07) is 3.73. The Labute approximate surface area is 251 Å². The number of pyridine rings is 1. The molecule has 1 aromatic carbocycles. The fourth-order valence-electron chi connectivity index (χ4n) is 4.80. The van der Waals surface area contributed by atoms with Crippen molar-refractivity contribution in [2.45, 2.75) is 70.9 Å². The number of H-pyrrole nitrogens is 1. The molecule has 1 saturated carbocycles. The van der Waals surface area contributed by atoms with E-state index in [0.29, 0.717) is 5.56 Å². The minimum Gasteiger partial charge on any atom is -0.471 e. The van der Waals surface area contributed by atoms with Crippen molar-refractivity contribution in [2.75, 3.05) is 11.9 Å². The van der Waals surface area contributed by atoms with Crippen molar-refractivity contribution in [1.29, 1.82) is 0 Å². The Bertz CT molecular complexity index is 1510. The average molecular weight is 651 g/mol. The van der Waals surface area contributed by atoms with Crippen LogP contribution in [0.4, 0.5) is 46.8 Å². The summed E-state index contributed by atoms with van der Waals surface area (Å²) in [7, 11) is 0. The number of hydrogen-bond donors (Lipinski definition) is 4. The van der Waals surface area contributed by atoms with Gasteiger partial charge in [-0.1, -0.05) is 19.9 Å². The van der Waals surface area contributed by atoms with Gasteiger partial charge in [0.25, 0.3) is 12.3 Å². The predicted octanol–water partition coefficient (Wildman–Crippen LogP) is 6.49. The molecular weight excluding hydrogens is 620 g/mol. The van der Waals surface area contributed by atoms with E-state index in [4.69, 9.17) is 4.74 Å². The number of benzene rings is 1. The van der Waals surface area contributed by atoms with Gasteiger partial charge in [-0.2, -0.15) is 31.3 Å². The fourth-order valence-corrected chi connectivity index (χ4v) is 4.80. The van der Waals surface area contributed by atoms with Crippen molar-refractivity contribution in [3.05, 3.63) is 41.0 Å². The number of rotatable bonds is 10. The van der Waals surface area contributed by atoms with Gasteiger partial charge in [0, 0.05) is 18.5 Å². The van der Waals surface area contributed by atoms with E-state index in [9.17, 15) is 44.7 Å². The second kappa shape index (κ2) is 13.4. The lowest BCUT2D eigenvalue weighted by Crippen LogP contribution is -2.40. The first-order chi connectivity index (χ1) is 21.0. The molecule has 0 atom stereocenters. The number of amides is 2. The lowest BCUT2D eigenvalue weighted by atomic mass is 9.85. The molecule has 0 aliphatic heterocycles. The van der Waals surface area contributed by atoms with Crippen molar-refractivity contribution in [3.63, 3.8) is 0 Å². The molecule has 1 fully saturated rings. The minimum absolute atomic E-state index is 0.0387. The third-order valence-electron chi connectivity index (χ3n) is 7.19. The molecular formula is C28H30F8N6O3. The summed E-state index contributed by atoms with van der Waals surface area (Å²) in [5.41, 5.74) is -1.60. The number of ether oxygens (including phenoxy) is 1. The van der Waals surface area contributed by atoms with Gasteiger partial charge in [-0.25, -0.2) is 13.8 Å². The Hall–Kier alpha value is -4.18. The molecule has 4 N–H and O–H groups in total. The highest BCUT2D eigenvalue weighted by atomic mass is 19.4. The number of imidazole rings is 1. The van der Waals surface area contributed by atoms with Gasteiger partial charge in [0.05, 0.1) is 17.2 Å². The predicted molar refractivity (Wildman–Crippen MR) is 146 cm³/mol. The molecule has 0 spiro atoms. The topological polar surface area (TPSA) is 121 Å². The van der Waals surface area contributed by atoms with Crippen LogP contribution in [-0.4, -0.2) is 52.0 Å². The summed E-state index contributed by atoms with van der Waals surface area (Å²) < 4.78 is 111. The van der Waals surface area contributed by atoms with E-state index in [1.54, 1.807) is 13.8 Å². The van der Waals surface area contributed by atoms with Crippen LogP contribution in [0.5, 0.6) is 5.88 Å². The van der Waals surface area contributed by atoms with E-state index >= 15 is 0 Å². The molecule has 2 heterocycles. The molecule has 45 heavy (non-hydrogen) atoms. The first-order valence-electron chi connectivity index (χ1n) is 14.0. The van der Waals surface area contributed by atoms with Crippen LogP contribution in [0.15, 0.2) is 24.3 Å². The van der Waals surface area contributed by atoms with E-state index in [1.165, 1.54) is 12.1 Å². The maximum Gasteiger partial charge on any atom is 0.418 e. The van der Waals surface area contributed by atoms with Gasteiger partial charge in [0.1, 0.15) is 11.1 Å². The maximum atomic E-state index is 13.8. The summed E-state index contributed by atoms with van der Waals surface area (Å²) >= 11 is 0. The molecule has 246 valence electrons. The molecule has 3 aromatic rings. The first kappa shape index (κ1) is 33.7. The molecule has 1 aliphatic carbocycles. The Morgan fingerprint density at radius 1 is 1.02 bits per heavy atom. The van der Waals surface area contributed by atoms with Crippen LogP contribution in [0.3, 0.4) is 0 Å². The zero-order valence-electron chi connectivity index (χ0n) is 24.0. The van der Waals surface area contributed by atoms with Gasteiger partial charge in [0.15, 0.2) is 12.3 Å². The summed E-state index contributed by atoms with van der Waals surface area (Å²) in [6.07, 6.45) is -12.4. The highest BCUT2D eigenvalue weighted by molar-refractivity contribution is 5.99. The Morgan fingerprint density at radius 2 is 1.71 bits per heavy atom. The number of aromatic nitrogens is 3. The number of anilines is 2. The Morgan fingerprint density at radius 3 is 2.31 bits per heavy atom. The van der Waals surface area contributed by atoms with Crippen LogP contribution in [-0.2, 0) is 17.5 Å². The smallest absolute Gasteiger partial charge is 0.418 e. The summed E-state index contributed by atoms with van der Waals surface area (Å²) in [6.45, 7) is 2.13. The van der Waals surface area contributed by atoms with Crippen LogP contribution in [0, 0.1) is 11.8 Å². The zero-order chi connectivity index (χ0) is 33.1. The van der Waals surface area contributed by atoms with Crippen molar-refractivity contribution >= 4 is 34.6 Å². The van der Waals surface area contributed by atoms with Crippen LogP contribution >= 0.6 is 0 Å². The van der Waals surface area contributed by atoms with Crippen molar-refractivity contribution in [1.82, 2.24) is 25.6 Å². The fraction of sp³-hybridized carbons (Fsp3) is 0.500. The second-order valence-electron chi connectivity index (χ2n) is 10.9. The number of halogens is 8. The largest absolute Gasteiger partial charge is 0.471 e. The molecule has 2 amide bonds. The molecule has 1 aliphatic rings. The van der Waals surface area contributed by atoms with Gasteiger partial charge in [0.2, 0.25) is 17.7 Å². The van der Waals surface area contributed by atoms with Gasteiger partial charge in [-0.15, -0.1) is 0 Å². The van der Waals surface area contributed by atoms with Crippen LogP contribution in [0.25, 0.3) is 11.2 Å². The van der Waals surface area contributed by atoms with E-state index in [-0.39, 0.29) is 66.7 Å². The molecule has 0 unspecified atom stereocenters. The third-order valence-corrected chi connectivity index (χ3v) is 7.19. The number of fused-ring (bicyclic) bond motifs is 1. The van der Waals surface area contributed by atoms with Crippen molar-refractivity contribution in [3.8, 4) is 5.88 Å². The quantitative estimate of drug-likeness (QED) is 0.186. The number of alkyl halides is 8. The van der Waals surface area contributed by atoms with E-state index in [0.717, 1.165) is 12.1 Å². The number of nitrogens with one attached hydrogen (secondary N) is 4. The molecule has 0 saturated heterocycles. The maximum absolute atomic E-state index is 13.8. The number of nitrogens with zero attached hydrogens (tertiary/aromatic N) is 2. The number of carbonyl (C=O) groups excluding carboxylic acids is 2. The van der Waals surface area contributed by atoms with Crippen molar-refractivity contribution in [2.24, 2.45) is 11.8 Å². The SMILES string of the molecule is CC(C)C(=O)NCc1ccc(C(F)(F)F)c(Nc2nc3cc(C(=O)N[C@H]4CC[C@H](C(F)(F)F)CC4)c(OCC(F)F)nc3[nH]2)c1. The average Bonchev–Trinajstić information content (AvgIpc) is 3.34. The highest BCUT2D eigenvalue weighted by Gasteiger charge is 2.41. The minimum atomic E-state index is -4.77. The van der Waals surface area contributed by atoms with Crippen LogP contribution in [0.1, 0.15) is 61.0 Å². The van der Waals surface area contributed by atoms with Gasteiger partial charge in [-0.05, 0) is 49.4 Å². The molecule has 4 rings (SSSR count). The van der Waals surface area contributed by atoms with Crippen molar-refractivity contribution < 1.29 is 49.4 Å². The van der Waals surface area contributed by atoms with Gasteiger partial charge in [-0.3, -0.25) is 9.59 Å². The molecule has 2 aromatic heterocycles. The lowest BCUT2D eigenvalue weighted by Gasteiger charge is -2.30. The zero-order valence-corrected chi connectivity index (χ0v) is 24.0.